The molecule has 1 N–H and O–H groups in total. The average molecular weight is 304 g/mol. The number of halogens is 1. The van der Waals surface area contributed by atoms with Crippen molar-refractivity contribution in [3.63, 3.8) is 0 Å². The van der Waals surface area contributed by atoms with Crippen LogP contribution in [-0.2, 0) is 6.54 Å². The minimum Gasteiger partial charge on any atom is -0.439 e. The van der Waals surface area contributed by atoms with Crippen LogP contribution in [0.15, 0.2) is 34.9 Å². The highest BCUT2D eigenvalue weighted by Crippen LogP contribution is 2.26. The molecule has 22 heavy (non-hydrogen) atoms. The van der Waals surface area contributed by atoms with Gasteiger partial charge in [-0.1, -0.05) is 6.42 Å². The topological polar surface area (TPSA) is 49.5 Å². The van der Waals surface area contributed by atoms with Crippen molar-refractivity contribution in [2.45, 2.75) is 44.8 Å². The first-order chi connectivity index (χ1) is 10.7. The highest BCUT2D eigenvalue weighted by Gasteiger charge is 2.28. The van der Waals surface area contributed by atoms with Crippen molar-refractivity contribution in [2.75, 3.05) is 6.61 Å². The van der Waals surface area contributed by atoms with E-state index >= 15 is 0 Å². The Labute approximate surface area is 129 Å². The van der Waals surface area contributed by atoms with Crippen molar-refractivity contribution < 1.29 is 13.9 Å². The molecule has 0 spiro atoms. The van der Waals surface area contributed by atoms with Gasteiger partial charge in [-0.25, -0.2) is 9.37 Å². The number of piperidine rings is 1. The third-order valence-corrected chi connectivity index (χ3v) is 4.41. The van der Waals surface area contributed by atoms with Crippen molar-refractivity contribution in [3.05, 3.63) is 42.2 Å². The van der Waals surface area contributed by atoms with E-state index in [2.05, 4.69) is 16.8 Å². The van der Waals surface area contributed by atoms with Crippen LogP contribution in [0.5, 0.6) is 0 Å². The van der Waals surface area contributed by atoms with Crippen LogP contribution in [0.25, 0.3) is 11.3 Å². The summed E-state index contributed by atoms with van der Waals surface area (Å²) in [6.07, 6.45) is 4.95. The Hall–Kier alpha value is -1.72. The zero-order valence-electron chi connectivity index (χ0n) is 12.7. The van der Waals surface area contributed by atoms with Crippen molar-refractivity contribution in [1.82, 2.24) is 9.88 Å². The van der Waals surface area contributed by atoms with Gasteiger partial charge < -0.3 is 9.52 Å². The molecule has 118 valence electrons. The quantitative estimate of drug-likeness (QED) is 0.942. The van der Waals surface area contributed by atoms with Crippen LogP contribution in [0.2, 0.25) is 0 Å². The van der Waals surface area contributed by atoms with Crippen molar-refractivity contribution in [1.29, 1.82) is 0 Å². The lowest BCUT2D eigenvalue weighted by molar-refractivity contribution is 0.0387. The predicted octanol–water partition coefficient (Wildman–Crippen LogP) is 3.22. The molecule has 2 atom stereocenters. The van der Waals surface area contributed by atoms with E-state index in [0.29, 0.717) is 24.2 Å². The van der Waals surface area contributed by atoms with Crippen molar-refractivity contribution in [2.24, 2.45) is 0 Å². The van der Waals surface area contributed by atoms with Crippen molar-refractivity contribution >= 4 is 0 Å². The molecule has 1 fully saturated rings. The maximum atomic E-state index is 13.0. The number of likely N-dealkylation sites (tertiary alicyclic amines) is 1. The summed E-state index contributed by atoms with van der Waals surface area (Å²) in [4.78, 5) is 6.58. The molecule has 2 unspecified atom stereocenters. The summed E-state index contributed by atoms with van der Waals surface area (Å²) in [7, 11) is 0. The molecule has 2 heterocycles. The van der Waals surface area contributed by atoms with Gasteiger partial charge in [0.1, 0.15) is 5.82 Å². The molecule has 1 aromatic carbocycles. The highest BCUT2D eigenvalue weighted by atomic mass is 19.1. The van der Waals surface area contributed by atoms with Gasteiger partial charge >= 0.3 is 0 Å². The molecule has 3 rings (SSSR count). The lowest BCUT2D eigenvalue weighted by Crippen LogP contribution is -2.46. The van der Waals surface area contributed by atoms with Gasteiger partial charge in [0.15, 0.2) is 5.76 Å². The van der Waals surface area contributed by atoms with Crippen LogP contribution < -0.4 is 0 Å². The van der Waals surface area contributed by atoms with E-state index in [4.69, 9.17) is 4.42 Å². The Morgan fingerprint density at radius 3 is 2.82 bits per heavy atom. The maximum absolute atomic E-state index is 13.0. The van der Waals surface area contributed by atoms with Gasteiger partial charge in [0.05, 0.1) is 19.3 Å². The van der Waals surface area contributed by atoms with Gasteiger partial charge in [0.2, 0.25) is 5.89 Å². The Bertz CT molecular complexity index is 611. The molecule has 2 aromatic rings. The van der Waals surface area contributed by atoms with E-state index < -0.39 is 0 Å². The smallest absolute Gasteiger partial charge is 0.209 e. The summed E-state index contributed by atoms with van der Waals surface area (Å²) < 4.78 is 18.8. The van der Waals surface area contributed by atoms with Crippen LogP contribution in [0.4, 0.5) is 4.39 Å². The number of nitrogens with zero attached hydrogens (tertiary/aromatic N) is 2. The largest absolute Gasteiger partial charge is 0.439 e. The summed E-state index contributed by atoms with van der Waals surface area (Å²) in [5.74, 6) is 1.00. The third kappa shape index (κ3) is 3.20. The summed E-state index contributed by atoms with van der Waals surface area (Å²) >= 11 is 0. The number of aromatic nitrogens is 1. The van der Waals surface area contributed by atoms with Crippen molar-refractivity contribution in [3.8, 4) is 11.3 Å². The third-order valence-electron chi connectivity index (χ3n) is 4.41. The van der Waals surface area contributed by atoms with Gasteiger partial charge in [-0.15, -0.1) is 0 Å². The van der Waals surface area contributed by atoms with E-state index in [1.165, 1.54) is 12.1 Å². The zero-order valence-corrected chi connectivity index (χ0v) is 12.7. The molecule has 1 aliphatic rings. The Morgan fingerprint density at radius 2 is 2.09 bits per heavy atom. The number of hydrogen-bond acceptors (Lipinski definition) is 4. The predicted molar refractivity (Wildman–Crippen MR) is 81.6 cm³/mol. The second-order valence-corrected chi connectivity index (χ2v) is 5.91. The van der Waals surface area contributed by atoms with Crippen LogP contribution in [0, 0.1) is 5.82 Å². The van der Waals surface area contributed by atoms with E-state index in [1.54, 1.807) is 18.3 Å². The number of rotatable bonds is 4. The van der Waals surface area contributed by atoms with Crippen LogP contribution in [-0.4, -0.2) is 33.7 Å². The highest BCUT2D eigenvalue weighted by molar-refractivity contribution is 5.55. The number of oxazole rings is 1. The molecule has 5 heteroatoms. The first-order valence-corrected chi connectivity index (χ1v) is 7.74. The van der Waals surface area contributed by atoms with E-state index in [0.717, 1.165) is 24.8 Å². The molecule has 0 saturated carbocycles. The molecular weight excluding hydrogens is 283 g/mol. The average Bonchev–Trinajstić information content (AvgIpc) is 2.98. The fourth-order valence-corrected chi connectivity index (χ4v) is 3.11. The monoisotopic (exact) mass is 304 g/mol. The number of aliphatic hydroxyl groups is 1. The molecule has 0 radical (unpaired) electrons. The van der Waals surface area contributed by atoms with Gasteiger partial charge in [-0.3, -0.25) is 4.90 Å². The summed E-state index contributed by atoms with van der Waals surface area (Å²) in [6, 6.07) is 6.76. The summed E-state index contributed by atoms with van der Waals surface area (Å²) in [5, 5.41) is 9.54. The Morgan fingerprint density at radius 1 is 1.32 bits per heavy atom. The molecule has 0 amide bonds. The minimum absolute atomic E-state index is 0.163. The van der Waals surface area contributed by atoms with Gasteiger partial charge in [0, 0.05) is 17.6 Å². The molecule has 1 saturated heterocycles. The van der Waals surface area contributed by atoms with Gasteiger partial charge in [-0.2, -0.15) is 0 Å². The number of hydrogen-bond donors (Lipinski definition) is 1. The maximum Gasteiger partial charge on any atom is 0.209 e. The summed E-state index contributed by atoms with van der Waals surface area (Å²) in [6.45, 7) is 2.93. The fraction of sp³-hybridized carbons (Fsp3) is 0.471. The molecule has 0 bridgehead atoms. The molecule has 4 nitrogen and oxygen atoms in total. The van der Waals surface area contributed by atoms with Gasteiger partial charge in [-0.05, 0) is 44.0 Å². The van der Waals surface area contributed by atoms with E-state index in [1.807, 2.05) is 0 Å². The molecular formula is C17H21FN2O2. The minimum atomic E-state index is -0.267. The van der Waals surface area contributed by atoms with Crippen LogP contribution >= 0.6 is 0 Å². The second kappa shape index (κ2) is 6.58. The fourth-order valence-electron chi connectivity index (χ4n) is 3.11. The molecule has 0 aliphatic carbocycles. The van der Waals surface area contributed by atoms with Crippen LogP contribution in [0.1, 0.15) is 32.1 Å². The van der Waals surface area contributed by atoms with Crippen LogP contribution in [0.3, 0.4) is 0 Å². The summed E-state index contributed by atoms with van der Waals surface area (Å²) in [5.41, 5.74) is 0.811. The lowest BCUT2D eigenvalue weighted by Gasteiger charge is -2.39. The van der Waals surface area contributed by atoms with E-state index in [-0.39, 0.29) is 18.5 Å². The van der Waals surface area contributed by atoms with E-state index in [9.17, 15) is 9.50 Å². The Kier molecular flexibility index (Phi) is 4.55. The zero-order chi connectivity index (χ0) is 15.5. The first-order valence-electron chi connectivity index (χ1n) is 7.74. The number of aliphatic hydroxyl groups excluding tert-OH is 1. The standard InChI is InChI=1S/C17H21FN2O2/c1-12-3-2-4-15(11-21)20(12)10-17-19-9-16(22-17)13-5-7-14(18)8-6-13/h5-9,12,15,21H,2-4,10-11H2,1H3. The molecule has 1 aromatic heterocycles. The Balaban J connectivity index is 1.74. The second-order valence-electron chi connectivity index (χ2n) is 5.91. The SMILES string of the molecule is CC1CCCC(CO)N1Cc1ncc(-c2ccc(F)cc2)o1. The van der Waals surface area contributed by atoms with Gasteiger partial charge in [0.25, 0.3) is 0 Å². The number of benzene rings is 1. The normalized spacial score (nSPS) is 22.9. The molecule has 1 aliphatic heterocycles. The first kappa shape index (κ1) is 15.2. The lowest BCUT2D eigenvalue weighted by atomic mass is 9.97.